The lowest BCUT2D eigenvalue weighted by Crippen LogP contribution is -2.12. The fraction of sp³-hybridized carbons (Fsp3) is 0.158. The largest absolute Gasteiger partial charge is 0.461 e. The fourth-order valence-corrected chi connectivity index (χ4v) is 3.39. The maximum absolute atomic E-state index is 13.0. The van der Waals surface area contributed by atoms with Crippen molar-refractivity contribution in [3.05, 3.63) is 64.3 Å². The average Bonchev–Trinajstić information content (AvgIpc) is 2.69. The fourth-order valence-electron chi connectivity index (χ4n) is 2.28. The number of nitrogens with zero attached hydrogens (tertiary/aromatic N) is 3. The van der Waals surface area contributed by atoms with Gasteiger partial charge in [0.1, 0.15) is 5.03 Å². The molecule has 0 atom stereocenters. The smallest absolute Gasteiger partial charge is 0.416 e. The third-order valence-electron chi connectivity index (χ3n) is 3.60. The number of esters is 1. The van der Waals surface area contributed by atoms with Crippen LogP contribution in [-0.2, 0) is 10.9 Å². The normalized spacial score (nSPS) is 11.3. The lowest BCUT2D eigenvalue weighted by molar-refractivity contribution is -0.137. The van der Waals surface area contributed by atoms with Crippen molar-refractivity contribution in [3.63, 3.8) is 0 Å². The van der Waals surface area contributed by atoms with E-state index in [4.69, 9.17) is 4.74 Å². The average molecular weight is 484 g/mol. The van der Waals surface area contributed by atoms with E-state index >= 15 is 0 Å². The molecule has 0 saturated carbocycles. The molecular formula is C19H13BrF3N3O2S. The summed E-state index contributed by atoms with van der Waals surface area (Å²) in [5, 5.41) is 7.91. The maximum Gasteiger partial charge on any atom is 0.416 e. The molecule has 0 fully saturated rings. The van der Waals surface area contributed by atoms with Crippen molar-refractivity contribution in [2.45, 2.75) is 23.0 Å². The Kier molecular flexibility index (Phi) is 6.53. The summed E-state index contributed by atoms with van der Waals surface area (Å²) >= 11 is 4.48. The first-order valence-electron chi connectivity index (χ1n) is 8.31. The van der Waals surface area contributed by atoms with Gasteiger partial charge in [-0.25, -0.2) is 9.78 Å². The van der Waals surface area contributed by atoms with Crippen LogP contribution < -0.4 is 0 Å². The van der Waals surface area contributed by atoms with Gasteiger partial charge in [-0.15, -0.1) is 10.2 Å². The van der Waals surface area contributed by atoms with E-state index in [-0.39, 0.29) is 28.7 Å². The summed E-state index contributed by atoms with van der Waals surface area (Å²) in [6, 6.07) is 11.8. The molecule has 0 N–H and O–H groups in total. The van der Waals surface area contributed by atoms with Gasteiger partial charge in [0, 0.05) is 14.9 Å². The molecule has 3 rings (SSSR count). The first-order chi connectivity index (χ1) is 13.8. The van der Waals surface area contributed by atoms with Crippen LogP contribution in [0, 0.1) is 0 Å². The number of alkyl halides is 3. The van der Waals surface area contributed by atoms with E-state index in [0.717, 1.165) is 33.3 Å². The molecule has 0 radical (unpaired) electrons. The van der Waals surface area contributed by atoms with Gasteiger partial charge in [0.2, 0.25) is 5.69 Å². The number of hydrogen-bond donors (Lipinski definition) is 0. The molecular weight excluding hydrogens is 471 g/mol. The Hall–Kier alpha value is -2.46. The van der Waals surface area contributed by atoms with Gasteiger partial charge in [-0.05, 0) is 43.3 Å². The molecule has 29 heavy (non-hydrogen) atoms. The van der Waals surface area contributed by atoms with Crippen LogP contribution in [0.25, 0.3) is 11.4 Å². The maximum atomic E-state index is 13.0. The SMILES string of the molecule is CCOC(=O)c1nnc(-c2cccc(C(F)(F)F)c2)nc1Sc1ccc(Br)cc1. The van der Waals surface area contributed by atoms with Gasteiger partial charge in [0.05, 0.1) is 12.2 Å². The molecule has 0 spiro atoms. The minimum Gasteiger partial charge on any atom is -0.461 e. The Labute approximate surface area is 176 Å². The number of aromatic nitrogens is 3. The predicted octanol–water partition coefficient (Wildman–Crippen LogP) is 5.65. The van der Waals surface area contributed by atoms with Crippen LogP contribution in [0.15, 0.2) is 62.9 Å². The van der Waals surface area contributed by atoms with Crippen LogP contribution in [0.4, 0.5) is 13.2 Å². The summed E-state index contributed by atoms with van der Waals surface area (Å²) in [6.45, 7) is 1.79. The van der Waals surface area contributed by atoms with E-state index in [9.17, 15) is 18.0 Å². The molecule has 150 valence electrons. The van der Waals surface area contributed by atoms with E-state index in [0.29, 0.717) is 0 Å². The highest BCUT2D eigenvalue weighted by molar-refractivity contribution is 9.10. The quantitative estimate of drug-likeness (QED) is 0.437. The van der Waals surface area contributed by atoms with Gasteiger partial charge < -0.3 is 4.74 Å². The van der Waals surface area contributed by atoms with Crippen molar-refractivity contribution < 1.29 is 22.7 Å². The minimum atomic E-state index is -4.50. The van der Waals surface area contributed by atoms with E-state index in [1.54, 1.807) is 19.1 Å². The zero-order valence-electron chi connectivity index (χ0n) is 14.9. The lowest BCUT2D eigenvalue weighted by Gasteiger charge is -2.10. The number of benzene rings is 2. The summed E-state index contributed by atoms with van der Waals surface area (Å²) in [5.41, 5.74) is -0.786. The zero-order valence-corrected chi connectivity index (χ0v) is 17.3. The first kappa shape index (κ1) is 21.3. The van der Waals surface area contributed by atoms with Crippen LogP contribution >= 0.6 is 27.7 Å². The summed E-state index contributed by atoms with van der Waals surface area (Å²) in [4.78, 5) is 17.3. The summed E-state index contributed by atoms with van der Waals surface area (Å²) in [6.07, 6.45) is -4.50. The third kappa shape index (κ3) is 5.33. The van der Waals surface area contributed by atoms with Crippen LogP contribution in [0.5, 0.6) is 0 Å². The number of halogens is 4. The molecule has 3 aromatic rings. The second-order valence-corrected chi connectivity index (χ2v) is 7.62. The Morgan fingerprint density at radius 1 is 1.14 bits per heavy atom. The molecule has 5 nitrogen and oxygen atoms in total. The van der Waals surface area contributed by atoms with E-state index in [1.807, 2.05) is 12.1 Å². The molecule has 0 saturated heterocycles. The van der Waals surface area contributed by atoms with E-state index < -0.39 is 17.7 Å². The Balaban J connectivity index is 2.04. The molecule has 10 heteroatoms. The van der Waals surface area contributed by atoms with Crippen LogP contribution in [0.2, 0.25) is 0 Å². The molecule has 0 amide bonds. The van der Waals surface area contributed by atoms with Crippen molar-refractivity contribution in [1.82, 2.24) is 15.2 Å². The van der Waals surface area contributed by atoms with Crippen LogP contribution in [-0.4, -0.2) is 27.8 Å². The molecule has 1 aromatic heterocycles. The van der Waals surface area contributed by atoms with Crippen molar-refractivity contribution >= 4 is 33.7 Å². The number of rotatable bonds is 5. The number of carbonyl (C=O) groups is 1. The lowest BCUT2D eigenvalue weighted by atomic mass is 10.1. The van der Waals surface area contributed by atoms with Gasteiger partial charge in [-0.2, -0.15) is 13.2 Å². The molecule has 0 aliphatic carbocycles. The third-order valence-corrected chi connectivity index (χ3v) is 5.11. The predicted molar refractivity (Wildman–Crippen MR) is 104 cm³/mol. The molecule has 0 aliphatic rings. The molecule has 2 aromatic carbocycles. The van der Waals surface area contributed by atoms with Gasteiger partial charge in [0.15, 0.2) is 5.82 Å². The second-order valence-electron chi connectivity index (χ2n) is 5.64. The van der Waals surface area contributed by atoms with Gasteiger partial charge in [-0.3, -0.25) is 0 Å². The molecule has 0 unspecified atom stereocenters. The van der Waals surface area contributed by atoms with E-state index in [1.165, 1.54) is 12.1 Å². The van der Waals surface area contributed by atoms with Crippen molar-refractivity contribution in [1.29, 1.82) is 0 Å². The van der Waals surface area contributed by atoms with E-state index in [2.05, 4.69) is 31.1 Å². The van der Waals surface area contributed by atoms with Crippen LogP contribution in [0.3, 0.4) is 0 Å². The number of hydrogen-bond acceptors (Lipinski definition) is 6. The number of ether oxygens (including phenoxy) is 1. The van der Waals surface area contributed by atoms with Gasteiger partial charge >= 0.3 is 12.1 Å². The minimum absolute atomic E-state index is 0.0243. The molecule has 1 heterocycles. The highest BCUT2D eigenvalue weighted by atomic mass is 79.9. The van der Waals surface area contributed by atoms with Gasteiger partial charge in [-0.1, -0.05) is 39.8 Å². The highest BCUT2D eigenvalue weighted by Gasteiger charge is 2.31. The summed E-state index contributed by atoms with van der Waals surface area (Å²) < 4.78 is 44.9. The Morgan fingerprint density at radius 2 is 1.86 bits per heavy atom. The summed E-state index contributed by atoms with van der Waals surface area (Å²) in [5.74, 6) is -0.730. The molecule has 0 aliphatic heterocycles. The second kappa shape index (κ2) is 8.91. The van der Waals surface area contributed by atoms with Crippen molar-refractivity contribution in [2.24, 2.45) is 0 Å². The van der Waals surface area contributed by atoms with Crippen molar-refractivity contribution in [2.75, 3.05) is 6.61 Å². The first-order valence-corrected chi connectivity index (χ1v) is 9.91. The van der Waals surface area contributed by atoms with Gasteiger partial charge in [0.25, 0.3) is 0 Å². The summed E-state index contributed by atoms with van der Waals surface area (Å²) in [7, 11) is 0. The topological polar surface area (TPSA) is 65.0 Å². The van der Waals surface area contributed by atoms with Crippen molar-refractivity contribution in [3.8, 4) is 11.4 Å². The Morgan fingerprint density at radius 3 is 2.52 bits per heavy atom. The number of carbonyl (C=O) groups excluding carboxylic acids is 1. The molecule has 0 bridgehead atoms. The standard InChI is InChI=1S/C19H13BrF3N3O2S/c1-2-28-18(27)15-17(29-14-8-6-13(20)7-9-14)24-16(26-25-15)11-4-3-5-12(10-11)19(21,22)23/h3-10H,2H2,1H3. The Bertz CT molecular complexity index is 1030. The highest BCUT2D eigenvalue weighted by Crippen LogP contribution is 2.33. The monoisotopic (exact) mass is 483 g/mol. The van der Waals surface area contributed by atoms with Crippen LogP contribution in [0.1, 0.15) is 23.0 Å². The zero-order chi connectivity index (χ0) is 21.0.